The third-order valence-corrected chi connectivity index (χ3v) is 5.93. The Morgan fingerprint density at radius 1 is 1.08 bits per heavy atom. The Hall–Kier alpha value is -3.55. The zero-order chi connectivity index (χ0) is 26.1. The summed E-state index contributed by atoms with van der Waals surface area (Å²) >= 11 is 7.93. The molecule has 0 bridgehead atoms. The summed E-state index contributed by atoms with van der Waals surface area (Å²) in [6, 6.07) is 19.4. The zero-order valence-corrected chi connectivity index (χ0v) is 22.5. The number of nitrogens with zero attached hydrogens (tertiary/aromatic N) is 1. The van der Waals surface area contributed by atoms with Crippen LogP contribution in [0.15, 0.2) is 66.2 Å². The number of halogens is 2. The minimum atomic E-state index is -0.515. The van der Waals surface area contributed by atoms with E-state index in [0.29, 0.717) is 43.6 Å². The summed E-state index contributed by atoms with van der Waals surface area (Å²) < 4.78 is 12.1. The third-order valence-electron chi connectivity index (χ3n) is 4.88. The maximum absolute atomic E-state index is 12.7. The van der Waals surface area contributed by atoms with Gasteiger partial charge in [0.15, 0.2) is 18.1 Å². The maximum atomic E-state index is 12.7. The van der Waals surface area contributed by atoms with Crippen molar-refractivity contribution >= 4 is 63.5 Å². The molecule has 0 fully saturated rings. The van der Waals surface area contributed by atoms with Crippen molar-refractivity contribution in [2.45, 2.75) is 13.8 Å². The fourth-order valence-electron chi connectivity index (χ4n) is 3.16. The summed E-state index contributed by atoms with van der Waals surface area (Å²) in [4.78, 5) is 25.0. The van der Waals surface area contributed by atoms with Gasteiger partial charge in [-0.25, -0.2) is 0 Å². The zero-order valence-electron chi connectivity index (χ0n) is 19.6. The summed E-state index contributed by atoms with van der Waals surface area (Å²) in [7, 11) is 0. The summed E-state index contributed by atoms with van der Waals surface area (Å²) in [5.74, 6) is -0.0755. The van der Waals surface area contributed by atoms with Gasteiger partial charge >= 0.3 is 0 Å². The van der Waals surface area contributed by atoms with Crippen LogP contribution >= 0.6 is 34.2 Å². The van der Waals surface area contributed by atoms with Gasteiger partial charge in [0, 0.05) is 16.4 Å². The van der Waals surface area contributed by atoms with Gasteiger partial charge < -0.3 is 20.1 Å². The lowest BCUT2D eigenvalue weighted by molar-refractivity contribution is -0.118. The van der Waals surface area contributed by atoms with Crippen LogP contribution in [-0.4, -0.2) is 25.0 Å². The molecule has 0 radical (unpaired) electrons. The number of carbonyl (C=O) groups is 2. The first-order valence-electron chi connectivity index (χ1n) is 10.9. The average Bonchev–Trinajstić information content (AvgIpc) is 2.85. The van der Waals surface area contributed by atoms with Gasteiger partial charge in [-0.2, -0.15) is 5.26 Å². The Morgan fingerprint density at radius 3 is 2.47 bits per heavy atom. The van der Waals surface area contributed by atoms with Gasteiger partial charge in [0.25, 0.3) is 11.8 Å². The molecule has 3 rings (SSSR count). The molecule has 0 aliphatic rings. The molecule has 0 heterocycles. The van der Waals surface area contributed by atoms with E-state index < -0.39 is 5.91 Å². The molecule has 36 heavy (non-hydrogen) atoms. The molecule has 184 valence electrons. The van der Waals surface area contributed by atoms with E-state index in [4.69, 9.17) is 21.1 Å². The van der Waals surface area contributed by atoms with Crippen LogP contribution in [0.5, 0.6) is 11.5 Å². The van der Waals surface area contributed by atoms with Crippen LogP contribution in [0.1, 0.15) is 18.1 Å². The van der Waals surface area contributed by atoms with Crippen molar-refractivity contribution in [2.75, 3.05) is 23.8 Å². The van der Waals surface area contributed by atoms with Crippen molar-refractivity contribution in [1.29, 1.82) is 5.26 Å². The van der Waals surface area contributed by atoms with Crippen LogP contribution in [-0.2, 0) is 9.59 Å². The number of amides is 2. The first kappa shape index (κ1) is 27.0. The van der Waals surface area contributed by atoms with E-state index in [0.717, 1.165) is 5.56 Å². The molecule has 0 saturated carbocycles. The SMILES string of the molecule is CCOc1cc(/C=C(\C#N)C(=O)Nc2ccccc2C)cc(I)c1OCC(=O)Nc1ccc(Cl)cc1. The average molecular weight is 616 g/mol. The number of carbonyl (C=O) groups excluding carboxylic acids is 2. The second-order valence-electron chi connectivity index (χ2n) is 7.55. The molecule has 3 aromatic carbocycles. The number of benzene rings is 3. The molecule has 0 atom stereocenters. The van der Waals surface area contributed by atoms with Gasteiger partial charge in [0.05, 0.1) is 10.2 Å². The molecular weight excluding hydrogens is 593 g/mol. The predicted octanol–water partition coefficient (Wildman–Crippen LogP) is 6.21. The number of anilines is 2. The second-order valence-corrected chi connectivity index (χ2v) is 9.14. The maximum Gasteiger partial charge on any atom is 0.266 e. The molecule has 0 saturated heterocycles. The molecule has 0 unspecified atom stereocenters. The molecule has 0 aliphatic heterocycles. The van der Waals surface area contributed by atoms with E-state index in [-0.39, 0.29) is 18.1 Å². The lowest BCUT2D eigenvalue weighted by Gasteiger charge is -2.15. The Balaban J connectivity index is 1.77. The fraction of sp³-hybridized carbons (Fsp3) is 0.148. The number of aryl methyl sites for hydroxylation is 1. The van der Waals surface area contributed by atoms with Crippen molar-refractivity contribution in [1.82, 2.24) is 0 Å². The number of rotatable bonds is 9. The number of nitriles is 1. The molecule has 9 heteroatoms. The van der Waals surface area contributed by atoms with Crippen LogP contribution in [0.2, 0.25) is 5.02 Å². The Morgan fingerprint density at radius 2 is 1.81 bits per heavy atom. The standard InChI is InChI=1S/C27H23ClIN3O4/c1-3-35-24-14-18(12-19(15-30)27(34)32-23-7-5-4-6-17(23)2)13-22(29)26(24)36-16-25(33)31-21-10-8-20(28)9-11-21/h4-14H,3,16H2,1-2H3,(H,31,33)(H,32,34)/b19-12+. The monoisotopic (exact) mass is 615 g/mol. The lowest BCUT2D eigenvalue weighted by atomic mass is 10.1. The molecular formula is C27H23ClIN3O4. The molecule has 2 N–H and O–H groups in total. The first-order valence-corrected chi connectivity index (χ1v) is 12.4. The largest absolute Gasteiger partial charge is 0.490 e. The van der Waals surface area contributed by atoms with Crippen molar-refractivity contribution in [2.24, 2.45) is 0 Å². The number of nitrogens with one attached hydrogen (secondary N) is 2. The van der Waals surface area contributed by atoms with Gasteiger partial charge in [-0.1, -0.05) is 29.8 Å². The van der Waals surface area contributed by atoms with Crippen LogP contribution in [0.3, 0.4) is 0 Å². The van der Waals surface area contributed by atoms with Gasteiger partial charge in [0.1, 0.15) is 11.6 Å². The molecule has 7 nitrogen and oxygen atoms in total. The van der Waals surface area contributed by atoms with Crippen molar-refractivity contribution in [3.8, 4) is 17.6 Å². The predicted molar refractivity (Wildman–Crippen MR) is 149 cm³/mol. The molecule has 0 aromatic heterocycles. The van der Waals surface area contributed by atoms with Crippen LogP contribution < -0.4 is 20.1 Å². The van der Waals surface area contributed by atoms with Gasteiger partial charge in [-0.3, -0.25) is 9.59 Å². The highest BCUT2D eigenvalue weighted by Crippen LogP contribution is 2.35. The van der Waals surface area contributed by atoms with E-state index in [1.807, 2.05) is 38.1 Å². The highest BCUT2D eigenvalue weighted by Gasteiger charge is 2.16. The van der Waals surface area contributed by atoms with Crippen LogP contribution in [0, 0.1) is 21.8 Å². The number of hydrogen-bond acceptors (Lipinski definition) is 5. The number of ether oxygens (including phenoxy) is 2. The van der Waals surface area contributed by atoms with Crippen LogP contribution in [0.4, 0.5) is 11.4 Å². The lowest BCUT2D eigenvalue weighted by Crippen LogP contribution is -2.20. The molecule has 0 spiro atoms. The fourth-order valence-corrected chi connectivity index (χ4v) is 4.07. The van der Waals surface area contributed by atoms with Crippen LogP contribution in [0.25, 0.3) is 6.08 Å². The number of para-hydroxylation sites is 1. The van der Waals surface area contributed by atoms with E-state index in [1.54, 1.807) is 42.5 Å². The smallest absolute Gasteiger partial charge is 0.266 e. The second kappa shape index (κ2) is 13.0. The quantitative estimate of drug-likeness (QED) is 0.169. The third kappa shape index (κ3) is 7.47. The summed E-state index contributed by atoms with van der Waals surface area (Å²) in [5.41, 5.74) is 2.64. The van der Waals surface area contributed by atoms with Gasteiger partial charge in [0.2, 0.25) is 0 Å². The van der Waals surface area contributed by atoms with E-state index in [9.17, 15) is 14.9 Å². The summed E-state index contributed by atoms with van der Waals surface area (Å²) in [6.45, 7) is 3.81. The van der Waals surface area contributed by atoms with Crippen molar-refractivity contribution in [3.63, 3.8) is 0 Å². The highest BCUT2D eigenvalue weighted by atomic mass is 127. The summed E-state index contributed by atoms with van der Waals surface area (Å²) in [5, 5.41) is 15.7. The normalized spacial score (nSPS) is 10.8. The topological polar surface area (TPSA) is 100 Å². The van der Waals surface area contributed by atoms with E-state index >= 15 is 0 Å². The Bertz CT molecular complexity index is 1330. The minimum absolute atomic E-state index is 0.0625. The molecule has 0 aliphatic carbocycles. The Labute approximate surface area is 228 Å². The van der Waals surface area contributed by atoms with Crippen molar-refractivity contribution < 1.29 is 19.1 Å². The molecule has 2 amide bonds. The first-order chi connectivity index (χ1) is 17.3. The van der Waals surface area contributed by atoms with Gasteiger partial charge in [-0.05, 0) is 96.1 Å². The Kier molecular flexibility index (Phi) is 9.73. The number of hydrogen-bond donors (Lipinski definition) is 2. The van der Waals surface area contributed by atoms with E-state index in [1.165, 1.54) is 6.08 Å². The molecule has 3 aromatic rings. The van der Waals surface area contributed by atoms with E-state index in [2.05, 4.69) is 33.2 Å². The highest BCUT2D eigenvalue weighted by molar-refractivity contribution is 14.1. The summed E-state index contributed by atoms with van der Waals surface area (Å²) in [6.07, 6.45) is 1.48. The minimum Gasteiger partial charge on any atom is -0.490 e. The van der Waals surface area contributed by atoms with Crippen molar-refractivity contribution in [3.05, 3.63) is 86.0 Å². The van der Waals surface area contributed by atoms with Gasteiger partial charge in [-0.15, -0.1) is 0 Å².